The van der Waals surface area contributed by atoms with Crippen LogP contribution in [0, 0.1) is 0 Å². The fourth-order valence-electron chi connectivity index (χ4n) is 2.28. The Morgan fingerprint density at radius 2 is 2.10 bits per heavy atom. The largest absolute Gasteiger partial charge is 0.274 e. The molecule has 1 aliphatic heterocycles. The molecule has 3 rings (SSSR count). The first-order chi connectivity index (χ1) is 10.3. The summed E-state index contributed by atoms with van der Waals surface area (Å²) in [6, 6.07) is 9.89. The third-order valence-electron chi connectivity index (χ3n) is 3.42. The maximum Gasteiger partial charge on any atom is 0.260 e. The highest BCUT2D eigenvalue weighted by atomic mass is 16.2. The van der Waals surface area contributed by atoms with Crippen molar-refractivity contribution in [3.63, 3.8) is 0 Å². The Morgan fingerprint density at radius 3 is 2.86 bits per heavy atom. The van der Waals surface area contributed by atoms with E-state index in [2.05, 4.69) is 10.5 Å². The molecule has 1 aromatic carbocycles. The fourth-order valence-corrected chi connectivity index (χ4v) is 2.28. The number of benzene rings is 1. The number of hydrogen-bond acceptors (Lipinski definition) is 3. The van der Waals surface area contributed by atoms with Crippen molar-refractivity contribution in [1.29, 1.82) is 0 Å². The fraction of sp³-hybridized carbons (Fsp3) is 0.250. The molecule has 1 fully saturated rings. The van der Waals surface area contributed by atoms with Crippen molar-refractivity contribution < 1.29 is 4.79 Å². The van der Waals surface area contributed by atoms with Crippen molar-refractivity contribution in [3.05, 3.63) is 54.4 Å². The highest BCUT2D eigenvalue weighted by molar-refractivity contribution is 5.91. The van der Waals surface area contributed by atoms with Gasteiger partial charge in [0.1, 0.15) is 0 Å². The van der Waals surface area contributed by atoms with Crippen LogP contribution >= 0.6 is 0 Å². The molecule has 1 aliphatic rings. The maximum absolute atomic E-state index is 12.0. The molecule has 1 saturated heterocycles. The first-order valence-corrected chi connectivity index (χ1v) is 7.16. The first-order valence-electron chi connectivity index (χ1n) is 7.16. The van der Waals surface area contributed by atoms with Crippen molar-refractivity contribution in [2.45, 2.75) is 12.8 Å². The summed E-state index contributed by atoms with van der Waals surface area (Å²) >= 11 is 0. The summed E-state index contributed by atoms with van der Waals surface area (Å²) in [7, 11) is 0. The minimum atomic E-state index is -0.0119. The van der Waals surface area contributed by atoms with Crippen molar-refractivity contribution >= 4 is 12.0 Å². The van der Waals surface area contributed by atoms with Crippen molar-refractivity contribution in [2.75, 3.05) is 13.1 Å². The average molecular weight is 282 g/mol. The molecule has 0 aliphatic carbocycles. The predicted octanol–water partition coefficient (Wildman–Crippen LogP) is 2.01. The van der Waals surface area contributed by atoms with Crippen LogP contribution in [-0.4, -0.2) is 33.8 Å². The minimum Gasteiger partial charge on any atom is -0.274 e. The molecule has 2 aromatic rings. The molecule has 21 heavy (non-hydrogen) atoms. The molecule has 1 N–H and O–H groups in total. The summed E-state index contributed by atoms with van der Waals surface area (Å²) in [4.78, 5) is 12.0. The second-order valence-corrected chi connectivity index (χ2v) is 4.99. The van der Waals surface area contributed by atoms with E-state index < -0.39 is 0 Å². The van der Waals surface area contributed by atoms with Gasteiger partial charge in [0.05, 0.1) is 11.9 Å². The van der Waals surface area contributed by atoms with Gasteiger partial charge in [0, 0.05) is 30.9 Å². The molecule has 1 aromatic heterocycles. The number of rotatable bonds is 3. The van der Waals surface area contributed by atoms with Gasteiger partial charge in [0.15, 0.2) is 0 Å². The zero-order valence-corrected chi connectivity index (χ0v) is 11.8. The number of carbonyl (C=O) groups is 1. The van der Waals surface area contributed by atoms with E-state index in [0.29, 0.717) is 0 Å². The zero-order valence-electron chi connectivity index (χ0n) is 11.8. The van der Waals surface area contributed by atoms with E-state index in [-0.39, 0.29) is 5.91 Å². The third-order valence-corrected chi connectivity index (χ3v) is 3.42. The van der Waals surface area contributed by atoms with E-state index in [1.807, 2.05) is 36.5 Å². The lowest BCUT2D eigenvalue weighted by Crippen LogP contribution is -2.46. The van der Waals surface area contributed by atoms with Crippen LogP contribution < -0.4 is 5.43 Å². The Morgan fingerprint density at radius 1 is 1.24 bits per heavy atom. The topological polar surface area (TPSA) is 50.2 Å². The van der Waals surface area contributed by atoms with Crippen molar-refractivity contribution in [3.8, 4) is 5.69 Å². The number of amides is 1. The molecule has 1 amide bonds. The van der Waals surface area contributed by atoms with Crippen LogP contribution in [-0.2, 0) is 4.79 Å². The van der Waals surface area contributed by atoms with Gasteiger partial charge in [0.25, 0.3) is 5.91 Å². The summed E-state index contributed by atoms with van der Waals surface area (Å²) in [5.41, 5.74) is 5.01. The molecule has 0 atom stereocenters. The number of hydrogen-bond donors (Lipinski definition) is 1. The maximum atomic E-state index is 12.0. The van der Waals surface area contributed by atoms with Crippen molar-refractivity contribution in [1.82, 2.24) is 20.2 Å². The quantitative estimate of drug-likeness (QED) is 0.876. The molecule has 0 saturated carbocycles. The van der Waals surface area contributed by atoms with Crippen LogP contribution in [0.3, 0.4) is 0 Å². The SMILES string of the molecule is O=C(/C=C/c1cnn(-c2ccccc2)c1)N1CCCCN1. The Labute approximate surface area is 123 Å². The molecule has 0 bridgehead atoms. The van der Waals surface area contributed by atoms with Crippen LogP contribution in [0.25, 0.3) is 11.8 Å². The second kappa shape index (κ2) is 6.37. The Hall–Kier alpha value is -2.40. The summed E-state index contributed by atoms with van der Waals surface area (Å²) in [6.07, 6.45) is 9.22. The summed E-state index contributed by atoms with van der Waals surface area (Å²) < 4.78 is 1.79. The summed E-state index contributed by atoms with van der Waals surface area (Å²) in [5, 5.41) is 5.97. The van der Waals surface area contributed by atoms with Gasteiger partial charge in [-0.3, -0.25) is 9.80 Å². The average Bonchev–Trinajstić information content (AvgIpc) is 3.03. The lowest BCUT2D eigenvalue weighted by molar-refractivity contribution is -0.130. The first kappa shape index (κ1) is 13.6. The molecule has 0 spiro atoms. The number of carbonyl (C=O) groups excluding carboxylic acids is 1. The predicted molar refractivity (Wildman–Crippen MR) is 81.5 cm³/mol. The van der Waals surface area contributed by atoms with Crippen LogP contribution in [0.1, 0.15) is 18.4 Å². The minimum absolute atomic E-state index is 0.0119. The smallest absolute Gasteiger partial charge is 0.260 e. The second-order valence-electron chi connectivity index (χ2n) is 4.99. The Kier molecular flexibility index (Phi) is 4.12. The molecule has 108 valence electrons. The van der Waals surface area contributed by atoms with Gasteiger partial charge in [-0.25, -0.2) is 10.1 Å². The normalized spacial score (nSPS) is 15.5. The van der Waals surface area contributed by atoms with Crippen LogP contribution in [0.5, 0.6) is 0 Å². The van der Waals surface area contributed by atoms with E-state index in [1.54, 1.807) is 28.0 Å². The van der Waals surface area contributed by atoms with E-state index in [0.717, 1.165) is 37.2 Å². The Bertz CT molecular complexity index is 627. The number of nitrogens with zero attached hydrogens (tertiary/aromatic N) is 3. The summed E-state index contributed by atoms with van der Waals surface area (Å²) in [5.74, 6) is -0.0119. The van der Waals surface area contributed by atoms with Crippen molar-refractivity contribution in [2.24, 2.45) is 0 Å². The number of hydrazine groups is 1. The monoisotopic (exact) mass is 282 g/mol. The van der Waals surface area contributed by atoms with E-state index in [9.17, 15) is 4.79 Å². The summed E-state index contributed by atoms with van der Waals surface area (Å²) in [6.45, 7) is 1.64. The van der Waals surface area contributed by atoms with Gasteiger partial charge in [-0.2, -0.15) is 5.10 Å². The molecule has 2 heterocycles. The van der Waals surface area contributed by atoms with Crippen LogP contribution in [0.4, 0.5) is 0 Å². The van der Waals surface area contributed by atoms with Crippen LogP contribution in [0.2, 0.25) is 0 Å². The van der Waals surface area contributed by atoms with Gasteiger partial charge < -0.3 is 0 Å². The van der Waals surface area contributed by atoms with Gasteiger partial charge >= 0.3 is 0 Å². The van der Waals surface area contributed by atoms with E-state index in [4.69, 9.17) is 0 Å². The number of para-hydroxylation sites is 1. The molecule has 5 nitrogen and oxygen atoms in total. The standard InChI is InChI=1S/C16H18N4O/c21-16(19-11-5-4-10-17-19)9-8-14-12-18-20(13-14)15-6-2-1-3-7-15/h1-3,6-9,12-13,17H,4-5,10-11H2/b9-8+. The molecule has 0 unspecified atom stereocenters. The molecular formula is C16H18N4O. The highest BCUT2D eigenvalue weighted by Gasteiger charge is 2.13. The molecule has 0 radical (unpaired) electrons. The molecular weight excluding hydrogens is 264 g/mol. The molecule has 5 heteroatoms. The lowest BCUT2D eigenvalue weighted by atomic mass is 10.2. The Balaban J connectivity index is 1.66. The van der Waals surface area contributed by atoms with Crippen LogP contribution in [0.15, 0.2) is 48.8 Å². The van der Waals surface area contributed by atoms with Gasteiger partial charge in [0.2, 0.25) is 0 Å². The van der Waals surface area contributed by atoms with Gasteiger partial charge in [-0.05, 0) is 31.1 Å². The van der Waals surface area contributed by atoms with E-state index in [1.165, 1.54) is 0 Å². The van der Waals surface area contributed by atoms with Gasteiger partial charge in [-0.15, -0.1) is 0 Å². The number of aromatic nitrogens is 2. The third kappa shape index (κ3) is 3.38. The van der Waals surface area contributed by atoms with Gasteiger partial charge in [-0.1, -0.05) is 18.2 Å². The lowest BCUT2D eigenvalue weighted by Gasteiger charge is -2.26. The zero-order chi connectivity index (χ0) is 14.5. The number of nitrogens with one attached hydrogen (secondary N) is 1. The highest BCUT2D eigenvalue weighted by Crippen LogP contribution is 2.09. The van der Waals surface area contributed by atoms with E-state index >= 15 is 0 Å².